The number of para-hydroxylation sites is 4. The smallest absolute Gasteiger partial charge is 0.137 e. The molecule has 4 heteroatoms. The highest BCUT2D eigenvalue weighted by Gasteiger charge is 2.53. The third kappa shape index (κ3) is 5.98. The Balaban J connectivity index is 0.892. The Morgan fingerprint density at radius 3 is 1.43 bits per heavy atom. The Morgan fingerprint density at radius 1 is 0.247 bits per heavy atom. The van der Waals surface area contributed by atoms with Gasteiger partial charge in [-0.15, -0.1) is 0 Å². The van der Waals surface area contributed by atoms with Gasteiger partial charge in [0, 0.05) is 67.8 Å². The molecular weight excluding hydrogens is 937 g/mol. The van der Waals surface area contributed by atoms with E-state index in [0.29, 0.717) is 0 Å². The minimum Gasteiger partial charge on any atom is -0.456 e. The Hall–Kier alpha value is -10.2. The van der Waals surface area contributed by atoms with Crippen molar-refractivity contribution in [1.82, 2.24) is 0 Å². The molecule has 0 bridgehead atoms. The summed E-state index contributed by atoms with van der Waals surface area (Å²) in [5.41, 5.74) is 19.6. The van der Waals surface area contributed by atoms with Crippen LogP contribution in [-0.4, -0.2) is 0 Å². The highest BCUT2D eigenvalue weighted by Crippen LogP contribution is 2.65. The minimum atomic E-state index is -0.622. The molecule has 0 aliphatic heterocycles. The van der Waals surface area contributed by atoms with Crippen molar-refractivity contribution in [2.45, 2.75) is 5.41 Å². The highest BCUT2D eigenvalue weighted by atomic mass is 16.3. The van der Waals surface area contributed by atoms with Gasteiger partial charge in [0.2, 0.25) is 0 Å². The minimum absolute atomic E-state index is 0.622. The Bertz CT molecular complexity index is 4950. The maximum absolute atomic E-state index is 6.48. The van der Waals surface area contributed by atoms with Gasteiger partial charge in [0.1, 0.15) is 22.3 Å². The molecule has 2 aromatic heterocycles. The Kier molecular flexibility index (Phi) is 8.73. The standard InChI is InChI=1S/C73H44N2O2/c1-3-16-49(17-4-1)74(53-32-36-59-57-21-10-13-25-67(57)76-69(59)43-53)51-30-27-46-41-63-61-34-28-47-39-52(75(50-18-5-2-6-19-50)54-33-37-60-58-22-11-14-26-68(58)77-70(60)44-54)31-35-56(47)72(61)73(66(63)42-48(46)40-51)64-24-12-9-23-62(64)71-55-20-8-7-15-45(55)29-38-65(71)73/h1-44H. The van der Waals surface area contributed by atoms with Gasteiger partial charge < -0.3 is 18.6 Å². The van der Waals surface area contributed by atoms with Crippen LogP contribution < -0.4 is 9.80 Å². The molecule has 13 aromatic carbocycles. The number of hydrogen-bond acceptors (Lipinski definition) is 4. The van der Waals surface area contributed by atoms with Crippen molar-refractivity contribution in [2.24, 2.45) is 0 Å². The first kappa shape index (κ1) is 42.2. The summed E-state index contributed by atoms with van der Waals surface area (Å²) in [6.07, 6.45) is 0. The molecule has 0 radical (unpaired) electrons. The molecule has 1 spiro atoms. The summed E-state index contributed by atoms with van der Waals surface area (Å²) < 4.78 is 13.0. The average Bonchev–Trinajstić information content (AvgIpc) is 3.18. The molecule has 15 aromatic rings. The van der Waals surface area contributed by atoms with E-state index in [0.717, 1.165) is 78.0 Å². The maximum atomic E-state index is 6.48. The molecule has 0 saturated carbocycles. The van der Waals surface area contributed by atoms with Crippen molar-refractivity contribution in [3.8, 4) is 22.3 Å². The van der Waals surface area contributed by atoms with Crippen LogP contribution in [0.25, 0.3) is 98.4 Å². The molecular formula is C73H44N2O2. The van der Waals surface area contributed by atoms with E-state index in [1.54, 1.807) is 0 Å². The van der Waals surface area contributed by atoms with Gasteiger partial charge in [0.15, 0.2) is 0 Å². The van der Waals surface area contributed by atoms with Crippen LogP contribution in [0, 0.1) is 0 Å². The second-order valence-electron chi connectivity index (χ2n) is 20.7. The molecule has 2 aliphatic carbocycles. The summed E-state index contributed by atoms with van der Waals surface area (Å²) in [5, 5.41) is 11.8. The molecule has 0 fully saturated rings. The molecule has 0 saturated heterocycles. The number of fused-ring (bicyclic) bond motifs is 21. The number of anilines is 6. The summed E-state index contributed by atoms with van der Waals surface area (Å²) in [6, 6.07) is 97.8. The first-order chi connectivity index (χ1) is 38.2. The topological polar surface area (TPSA) is 32.8 Å². The van der Waals surface area contributed by atoms with Gasteiger partial charge in [-0.25, -0.2) is 0 Å². The lowest BCUT2D eigenvalue weighted by atomic mass is 9.69. The zero-order chi connectivity index (χ0) is 50.3. The van der Waals surface area contributed by atoms with E-state index < -0.39 is 5.41 Å². The van der Waals surface area contributed by atoms with Crippen molar-refractivity contribution in [2.75, 3.05) is 9.80 Å². The maximum Gasteiger partial charge on any atom is 0.137 e. The number of benzene rings is 13. The quantitative estimate of drug-likeness (QED) is 0.166. The predicted octanol–water partition coefficient (Wildman–Crippen LogP) is 20.2. The second-order valence-corrected chi connectivity index (χ2v) is 20.7. The normalized spacial score (nSPS) is 14.3. The summed E-state index contributed by atoms with van der Waals surface area (Å²) in [4.78, 5) is 4.71. The summed E-state index contributed by atoms with van der Waals surface area (Å²) >= 11 is 0. The van der Waals surface area contributed by atoms with Gasteiger partial charge in [-0.3, -0.25) is 0 Å². The van der Waals surface area contributed by atoms with Crippen LogP contribution in [0.4, 0.5) is 34.1 Å². The molecule has 358 valence electrons. The van der Waals surface area contributed by atoms with Crippen LogP contribution >= 0.6 is 0 Å². The van der Waals surface area contributed by atoms with Crippen LogP contribution in [0.2, 0.25) is 0 Å². The molecule has 1 unspecified atom stereocenters. The van der Waals surface area contributed by atoms with E-state index in [4.69, 9.17) is 8.83 Å². The number of nitrogens with zero attached hydrogens (tertiary/aromatic N) is 2. The van der Waals surface area contributed by atoms with Crippen LogP contribution in [0.1, 0.15) is 22.3 Å². The van der Waals surface area contributed by atoms with Crippen LogP contribution in [-0.2, 0) is 5.41 Å². The van der Waals surface area contributed by atoms with Gasteiger partial charge in [-0.1, -0.05) is 158 Å². The lowest BCUT2D eigenvalue weighted by molar-refractivity contribution is 0.668. The van der Waals surface area contributed by atoms with Gasteiger partial charge in [-0.05, 0) is 174 Å². The molecule has 2 heterocycles. The van der Waals surface area contributed by atoms with E-state index >= 15 is 0 Å². The third-order valence-corrected chi connectivity index (χ3v) is 16.8. The van der Waals surface area contributed by atoms with Gasteiger partial charge in [0.05, 0.1) is 5.41 Å². The van der Waals surface area contributed by atoms with Crippen molar-refractivity contribution < 1.29 is 8.83 Å². The van der Waals surface area contributed by atoms with Gasteiger partial charge in [0.25, 0.3) is 0 Å². The number of rotatable bonds is 6. The fourth-order valence-electron chi connectivity index (χ4n) is 13.5. The van der Waals surface area contributed by atoms with Crippen LogP contribution in [0.3, 0.4) is 0 Å². The lowest BCUT2D eigenvalue weighted by Crippen LogP contribution is -2.26. The SMILES string of the molecule is c1ccc(N(c2ccc3cc4c(cc3c2)C2(c3ccccc3-c3c2ccc2ccccc32)c2c-4ccc3cc(N(c4ccccc4)c4ccc5c(c4)oc4ccccc45)ccc23)c2ccc3c(c2)oc2ccccc23)cc1. The number of furan rings is 2. The van der Waals surface area contributed by atoms with Crippen molar-refractivity contribution in [1.29, 1.82) is 0 Å². The first-order valence-corrected chi connectivity index (χ1v) is 26.5. The largest absolute Gasteiger partial charge is 0.456 e. The first-order valence-electron chi connectivity index (χ1n) is 26.5. The van der Waals surface area contributed by atoms with Crippen LogP contribution in [0.5, 0.6) is 0 Å². The Labute approximate surface area is 443 Å². The second kappa shape index (κ2) is 15.9. The van der Waals surface area contributed by atoms with Crippen LogP contribution in [0.15, 0.2) is 276 Å². The predicted molar refractivity (Wildman–Crippen MR) is 319 cm³/mol. The van der Waals surface area contributed by atoms with Crippen molar-refractivity contribution in [3.05, 3.63) is 289 Å². The lowest BCUT2D eigenvalue weighted by Gasteiger charge is -2.32. The van der Waals surface area contributed by atoms with E-state index in [1.165, 1.54) is 76.8 Å². The zero-order valence-electron chi connectivity index (χ0n) is 41.6. The summed E-state index contributed by atoms with van der Waals surface area (Å²) in [6.45, 7) is 0. The average molecular weight is 981 g/mol. The fraction of sp³-hybridized carbons (Fsp3) is 0.0137. The number of hydrogen-bond donors (Lipinski definition) is 0. The van der Waals surface area contributed by atoms with Crippen molar-refractivity contribution >= 4 is 110 Å². The van der Waals surface area contributed by atoms with E-state index in [1.807, 2.05) is 24.3 Å². The highest BCUT2D eigenvalue weighted by molar-refractivity contribution is 6.12. The van der Waals surface area contributed by atoms with E-state index in [9.17, 15) is 0 Å². The van der Waals surface area contributed by atoms with E-state index in [-0.39, 0.29) is 0 Å². The van der Waals surface area contributed by atoms with Gasteiger partial charge in [-0.2, -0.15) is 0 Å². The monoisotopic (exact) mass is 980 g/mol. The van der Waals surface area contributed by atoms with Crippen molar-refractivity contribution in [3.63, 3.8) is 0 Å². The fourth-order valence-corrected chi connectivity index (χ4v) is 13.5. The van der Waals surface area contributed by atoms with Gasteiger partial charge >= 0.3 is 0 Å². The zero-order valence-corrected chi connectivity index (χ0v) is 41.6. The molecule has 2 aliphatic rings. The van der Waals surface area contributed by atoms with E-state index in [2.05, 4.69) is 252 Å². The molecule has 0 N–H and O–H groups in total. The summed E-state index contributed by atoms with van der Waals surface area (Å²) in [7, 11) is 0. The molecule has 77 heavy (non-hydrogen) atoms. The molecule has 0 amide bonds. The molecule has 17 rings (SSSR count). The molecule has 4 nitrogen and oxygen atoms in total. The third-order valence-electron chi connectivity index (χ3n) is 16.8. The summed E-state index contributed by atoms with van der Waals surface area (Å²) in [5.74, 6) is 0. The Morgan fingerprint density at radius 2 is 0.753 bits per heavy atom. The molecule has 1 atom stereocenters.